The maximum Gasteiger partial charge on any atom is 0.157 e. The lowest BCUT2D eigenvalue weighted by atomic mass is 9.44. The van der Waals surface area contributed by atoms with Crippen LogP contribution in [0.4, 0.5) is 0 Å². The van der Waals surface area contributed by atoms with E-state index in [0.717, 1.165) is 43.9 Å². The van der Waals surface area contributed by atoms with Gasteiger partial charge < -0.3 is 10.2 Å². The van der Waals surface area contributed by atoms with Gasteiger partial charge in [0.15, 0.2) is 5.78 Å². The Hall–Kier alpha value is -1.27. The number of rotatable bonds is 4. The maximum absolute atomic E-state index is 13.3. The summed E-state index contributed by atoms with van der Waals surface area (Å²) < 4.78 is 1.59. The Morgan fingerprint density at radius 3 is 2.58 bits per heavy atom. The number of carbonyl (C=O) groups excluding carboxylic acids is 1. The third-order valence-electron chi connectivity index (χ3n) is 10.4. The van der Waals surface area contributed by atoms with Crippen LogP contribution in [-0.4, -0.2) is 36.6 Å². The largest absolute Gasteiger partial charge is 0.390 e. The Balaban J connectivity index is 1.33. The van der Waals surface area contributed by atoms with Crippen LogP contribution < -0.4 is 0 Å². The van der Waals surface area contributed by atoms with E-state index in [4.69, 9.17) is 0 Å². The van der Waals surface area contributed by atoms with Crippen LogP contribution in [-0.2, 0) is 17.9 Å². The first-order valence-corrected chi connectivity index (χ1v) is 12.4. The Kier molecular flexibility index (Phi) is 5.13. The van der Waals surface area contributed by atoms with Crippen molar-refractivity contribution in [3.8, 4) is 0 Å². The molecule has 1 heterocycles. The second-order valence-electron chi connectivity index (χ2n) is 12.1. The number of fused-ring (bicyclic) bond motifs is 5. The average molecular weight is 430 g/mol. The van der Waals surface area contributed by atoms with Gasteiger partial charge in [0.05, 0.1) is 18.4 Å². The van der Waals surface area contributed by atoms with Crippen molar-refractivity contribution in [2.75, 3.05) is 0 Å². The fourth-order valence-corrected chi connectivity index (χ4v) is 8.72. The van der Waals surface area contributed by atoms with Crippen molar-refractivity contribution >= 4 is 5.78 Å². The predicted molar refractivity (Wildman–Crippen MR) is 117 cm³/mol. The highest BCUT2D eigenvalue weighted by atomic mass is 16.3. The monoisotopic (exact) mass is 429 g/mol. The van der Waals surface area contributed by atoms with Crippen molar-refractivity contribution in [1.82, 2.24) is 15.0 Å². The zero-order valence-electron chi connectivity index (χ0n) is 19.4. The summed E-state index contributed by atoms with van der Waals surface area (Å²) in [7, 11) is 0. The SMILES string of the molecule is C[C@@]1(O)CC[C@@]2(C)[C@@H](CC[C@@H]3[C@@H]2CC[C@]2(C)[C@@H](C(=O)Cn4cc(CO)nn4)CC[C@@H]32)C1. The van der Waals surface area contributed by atoms with Gasteiger partial charge >= 0.3 is 0 Å². The second kappa shape index (κ2) is 7.38. The molecule has 0 bridgehead atoms. The Labute approximate surface area is 185 Å². The Morgan fingerprint density at radius 2 is 1.84 bits per heavy atom. The van der Waals surface area contributed by atoms with Gasteiger partial charge in [0.2, 0.25) is 0 Å². The Morgan fingerprint density at radius 1 is 1.06 bits per heavy atom. The summed E-state index contributed by atoms with van der Waals surface area (Å²) >= 11 is 0. The van der Waals surface area contributed by atoms with Crippen molar-refractivity contribution in [1.29, 1.82) is 0 Å². The first-order chi connectivity index (χ1) is 14.7. The molecule has 0 amide bonds. The summed E-state index contributed by atoms with van der Waals surface area (Å²) in [6.45, 7) is 7.07. The summed E-state index contributed by atoms with van der Waals surface area (Å²) in [4.78, 5) is 13.3. The van der Waals surface area contributed by atoms with Crippen LogP contribution in [0.3, 0.4) is 0 Å². The molecule has 5 rings (SSSR count). The van der Waals surface area contributed by atoms with Crippen LogP contribution in [0.2, 0.25) is 0 Å². The number of aromatic nitrogens is 3. The lowest BCUT2D eigenvalue weighted by Crippen LogP contribution is -2.55. The molecule has 0 aliphatic heterocycles. The highest BCUT2D eigenvalue weighted by Gasteiger charge is 2.61. The normalized spacial score (nSPS) is 46.8. The van der Waals surface area contributed by atoms with Crippen LogP contribution in [0.1, 0.15) is 84.3 Å². The zero-order valence-corrected chi connectivity index (χ0v) is 19.4. The maximum atomic E-state index is 13.3. The van der Waals surface area contributed by atoms with Crippen LogP contribution in [0.5, 0.6) is 0 Å². The van der Waals surface area contributed by atoms with E-state index in [0.29, 0.717) is 22.9 Å². The van der Waals surface area contributed by atoms with Crippen LogP contribution in [0.25, 0.3) is 0 Å². The fourth-order valence-electron chi connectivity index (χ4n) is 8.72. The molecule has 1 aromatic heterocycles. The van der Waals surface area contributed by atoms with Gasteiger partial charge in [-0.25, -0.2) is 4.68 Å². The molecule has 4 fully saturated rings. The molecule has 4 aliphatic rings. The molecule has 6 nitrogen and oxygen atoms in total. The van der Waals surface area contributed by atoms with E-state index in [1.165, 1.54) is 25.7 Å². The summed E-state index contributed by atoms with van der Waals surface area (Å²) in [5.41, 5.74) is 0.487. The van der Waals surface area contributed by atoms with Crippen molar-refractivity contribution in [3.63, 3.8) is 0 Å². The van der Waals surface area contributed by atoms with Crippen molar-refractivity contribution in [2.24, 2.45) is 40.4 Å². The molecule has 4 saturated carbocycles. The molecule has 0 aromatic carbocycles. The number of ketones is 1. The minimum absolute atomic E-state index is 0.0992. The summed E-state index contributed by atoms with van der Waals surface area (Å²) in [5.74, 6) is 3.16. The molecule has 0 spiro atoms. The average Bonchev–Trinajstić information content (AvgIpc) is 3.31. The first-order valence-electron chi connectivity index (χ1n) is 12.4. The second-order valence-corrected chi connectivity index (χ2v) is 12.1. The molecule has 6 heteroatoms. The molecule has 0 unspecified atom stereocenters. The van der Waals surface area contributed by atoms with Crippen molar-refractivity contribution in [3.05, 3.63) is 11.9 Å². The number of aliphatic hydroxyl groups excluding tert-OH is 1. The molecule has 1 aromatic rings. The number of hydrogen-bond donors (Lipinski definition) is 2. The third kappa shape index (κ3) is 3.40. The van der Waals surface area contributed by atoms with Gasteiger partial charge in [-0.1, -0.05) is 19.1 Å². The first kappa shape index (κ1) is 21.6. The fraction of sp³-hybridized carbons (Fsp3) is 0.880. The number of hydrogen-bond acceptors (Lipinski definition) is 5. The molecule has 31 heavy (non-hydrogen) atoms. The molecule has 172 valence electrons. The standard InChI is InChI=1S/C25H39N3O3/c1-23(31)10-11-24(2)16(12-23)4-5-18-19-6-7-21(25(19,3)9-8-20(18)24)22(30)14-28-13-17(15-29)26-27-28/h13,16,18-21,29,31H,4-12,14-15H2,1-3H3/t16-,18-,19-,20-,21+,23+,24-,25-/m0/s1. The van der Waals surface area contributed by atoms with E-state index in [9.17, 15) is 15.0 Å². The number of Topliss-reactive ketones (excluding diaryl/α,β-unsaturated/α-hetero) is 1. The minimum Gasteiger partial charge on any atom is -0.390 e. The van der Waals surface area contributed by atoms with Gasteiger partial charge in [-0.15, -0.1) is 5.10 Å². The van der Waals surface area contributed by atoms with Crippen molar-refractivity contribution < 1.29 is 15.0 Å². The smallest absolute Gasteiger partial charge is 0.157 e. The lowest BCUT2D eigenvalue weighted by molar-refractivity contribution is -0.151. The van der Waals surface area contributed by atoms with E-state index >= 15 is 0 Å². The van der Waals surface area contributed by atoms with Gasteiger partial charge in [0.25, 0.3) is 0 Å². The highest BCUT2D eigenvalue weighted by Crippen LogP contribution is 2.68. The summed E-state index contributed by atoms with van der Waals surface area (Å²) in [6.07, 6.45) is 11.8. The summed E-state index contributed by atoms with van der Waals surface area (Å²) in [5, 5.41) is 27.8. The van der Waals surface area contributed by atoms with E-state index in [-0.39, 0.29) is 30.3 Å². The Bertz CT molecular complexity index is 851. The van der Waals surface area contributed by atoms with Crippen LogP contribution in [0.15, 0.2) is 6.20 Å². The molecular weight excluding hydrogens is 390 g/mol. The quantitative estimate of drug-likeness (QED) is 0.761. The van der Waals surface area contributed by atoms with Gasteiger partial charge in [-0.3, -0.25) is 4.79 Å². The van der Waals surface area contributed by atoms with Crippen molar-refractivity contribution in [2.45, 2.75) is 97.3 Å². The molecule has 4 aliphatic carbocycles. The van der Waals surface area contributed by atoms with E-state index < -0.39 is 5.60 Å². The molecule has 0 saturated heterocycles. The molecule has 8 atom stereocenters. The van der Waals surface area contributed by atoms with Gasteiger partial charge in [-0.2, -0.15) is 0 Å². The van der Waals surface area contributed by atoms with E-state index in [1.807, 2.05) is 6.92 Å². The summed E-state index contributed by atoms with van der Waals surface area (Å²) in [6, 6.07) is 0. The lowest BCUT2D eigenvalue weighted by Gasteiger charge is -2.61. The molecule has 2 N–H and O–H groups in total. The number of carbonyl (C=O) groups is 1. The number of nitrogens with zero attached hydrogens (tertiary/aromatic N) is 3. The van der Waals surface area contributed by atoms with Crippen LogP contribution >= 0.6 is 0 Å². The molecular formula is C25H39N3O3. The van der Waals surface area contributed by atoms with Crippen LogP contribution in [0, 0.1) is 40.4 Å². The number of aliphatic hydroxyl groups is 2. The van der Waals surface area contributed by atoms with Gasteiger partial charge in [0, 0.05) is 5.92 Å². The van der Waals surface area contributed by atoms with Gasteiger partial charge in [0.1, 0.15) is 12.2 Å². The predicted octanol–water partition coefficient (Wildman–Crippen LogP) is 3.75. The van der Waals surface area contributed by atoms with Gasteiger partial charge in [-0.05, 0) is 99.2 Å². The topological polar surface area (TPSA) is 88.2 Å². The van der Waals surface area contributed by atoms with E-state index in [1.54, 1.807) is 10.9 Å². The minimum atomic E-state index is -0.484. The molecule has 0 radical (unpaired) electrons. The zero-order chi connectivity index (χ0) is 22.0. The highest BCUT2D eigenvalue weighted by molar-refractivity contribution is 5.82. The third-order valence-corrected chi connectivity index (χ3v) is 10.4. The van der Waals surface area contributed by atoms with E-state index in [2.05, 4.69) is 24.2 Å².